The van der Waals surface area contributed by atoms with Gasteiger partial charge in [-0.15, -0.1) is 0 Å². The zero-order chi connectivity index (χ0) is 13.1. The molecule has 0 saturated carbocycles. The minimum Gasteiger partial charge on any atom is -0.460 e. The fourth-order valence-electron chi connectivity index (χ4n) is 1.28. The molecule has 2 aromatic rings. The van der Waals surface area contributed by atoms with Crippen LogP contribution in [0, 0.1) is 11.6 Å². The van der Waals surface area contributed by atoms with E-state index in [2.05, 4.69) is 19.4 Å². The van der Waals surface area contributed by atoms with Gasteiger partial charge in [-0.2, -0.15) is 4.98 Å². The fraction of sp³-hybridized carbons (Fsp3) is 0.182. The van der Waals surface area contributed by atoms with Gasteiger partial charge in [0.25, 0.3) is 11.7 Å². The molecule has 0 spiro atoms. The molecule has 0 fully saturated rings. The van der Waals surface area contributed by atoms with Gasteiger partial charge < -0.3 is 9.26 Å². The third-order valence-electron chi connectivity index (χ3n) is 2.07. The van der Waals surface area contributed by atoms with Gasteiger partial charge in [0.05, 0.1) is 12.2 Å². The SMILES string of the molecule is CCOC(=O)c1noc(-c2cccc(F)c2F)n1. The van der Waals surface area contributed by atoms with Crippen molar-refractivity contribution < 1.29 is 22.8 Å². The van der Waals surface area contributed by atoms with Crippen molar-refractivity contribution in [3.05, 3.63) is 35.7 Å². The molecule has 0 radical (unpaired) electrons. The minimum absolute atomic E-state index is 0.150. The summed E-state index contributed by atoms with van der Waals surface area (Å²) in [5.74, 6) is -3.56. The van der Waals surface area contributed by atoms with Gasteiger partial charge in [-0.3, -0.25) is 0 Å². The molecule has 1 aromatic heterocycles. The lowest BCUT2D eigenvalue weighted by Crippen LogP contribution is -2.06. The number of halogens is 2. The Morgan fingerprint density at radius 3 is 2.94 bits per heavy atom. The zero-order valence-corrected chi connectivity index (χ0v) is 9.31. The van der Waals surface area contributed by atoms with E-state index in [-0.39, 0.29) is 23.9 Å². The van der Waals surface area contributed by atoms with Crippen LogP contribution in [0.5, 0.6) is 0 Å². The van der Waals surface area contributed by atoms with Crippen molar-refractivity contribution >= 4 is 5.97 Å². The first kappa shape index (κ1) is 12.2. The summed E-state index contributed by atoms with van der Waals surface area (Å²) in [6.07, 6.45) is 0. The molecule has 0 atom stereocenters. The number of rotatable bonds is 3. The normalized spacial score (nSPS) is 10.4. The van der Waals surface area contributed by atoms with E-state index in [9.17, 15) is 13.6 Å². The van der Waals surface area contributed by atoms with Crippen molar-refractivity contribution in [2.24, 2.45) is 0 Å². The minimum atomic E-state index is -1.11. The van der Waals surface area contributed by atoms with E-state index in [0.717, 1.165) is 6.07 Å². The molecule has 5 nitrogen and oxygen atoms in total. The van der Waals surface area contributed by atoms with Crippen LogP contribution >= 0.6 is 0 Å². The Hall–Kier alpha value is -2.31. The molecule has 0 aliphatic heterocycles. The first-order valence-corrected chi connectivity index (χ1v) is 5.08. The third kappa shape index (κ3) is 2.20. The molecular formula is C11H8F2N2O3. The summed E-state index contributed by atoms with van der Waals surface area (Å²) in [6, 6.07) is 3.52. The summed E-state index contributed by atoms with van der Waals surface area (Å²) in [5, 5.41) is 3.33. The standard InChI is InChI=1S/C11H8F2N2O3/c1-2-17-11(16)9-14-10(18-15-9)6-4-3-5-7(12)8(6)13/h3-5H,2H2,1H3. The Labute approximate surface area is 100 Å². The summed E-state index contributed by atoms with van der Waals surface area (Å²) >= 11 is 0. The molecule has 94 valence electrons. The van der Waals surface area contributed by atoms with Crippen LogP contribution in [0.15, 0.2) is 22.7 Å². The van der Waals surface area contributed by atoms with Crippen LogP contribution in [0.25, 0.3) is 11.5 Å². The van der Waals surface area contributed by atoms with Gasteiger partial charge in [0.1, 0.15) is 0 Å². The highest BCUT2D eigenvalue weighted by Crippen LogP contribution is 2.22. The van der Waals surface area contributed by atoms with Crippen LogP contribution in [0.3, 0.4) is 0 Å². The second-order valence-electron chi connectivity index (χ2n) is 3.24. The molecule has 0 aliphatic rings. The predicted octanol–water partition coefficient (Wildman–Crippen LogP) is 2.19. The highest BCUT2D eigenvalue weighted by molar-refractivity contribution is 5.85. The average molecular weight is 254 g/mol. The van der Waals surface area contributed by atoms with Crippen molar-refractivity contribution in [2.45, 2.75) is 6.92 Å². The monoisotopic (exact) mass is 254 g/mol. The largest absolute Gasteiger partial charge is 0.460 e. The number of hydrogen-bond donors (Lipinski definition) is 0. The first-order chi connectivity index (χ1) is 8.63. The van der Waals surface area contributed by atoms with E-state index in [0.29, 0.717) is 0 Å². The van der Waals surface area contributed by atoms with Crippen LogP contribution < -0.4 is 0 Å². The number of carbonyl (C=O) groups excluding carboxylic acids is 1. The molecule has 0 saturated heterocycles. The van der Waals surface area contributed by atoms with Gasteiger partial charge in [0, 0.05) is 0 Å². The lowest BCUT2D eigenvalue weighted by Gasteiger charge is -1.97. The molecule has 0 bridgehead atoms. The second-order valence-corrected chi connectivity index (χ2v) is 3.24. The van der Waals surface area contributed by atoms with E-state index in [1.54, 1.807) is 6.92 Å². The summed E-state index contributed by atoms with van der Waals surface area (Å²) in [6.45, 7) is 1.77. The number of nitrogens with zero attached hydrogens (tertiary/aromatic N) is 2. The summed E-state index contributed by atoms with van der Waals surface area (Å²) < 4.78 is 35.7. The lowest BCUT2D eigenvalue weighted by molar-refractivity contribution is 0.0508. The van der Waals surface area contributed by atoms with Crippen molar-refractivity contribution in [3.63, 3.8) is 0 Å². The van der Waals surface area contributed by atoms with Gasteiger partial charge >= 0.3 is 5.97 Å². The van der Waals surface area contributed by atoms with Crippen LogP contribution in [0.2, 0.25) is 0 Å². The van der Waals surface area contributed by atoms with E-state index < -0.39 is 17.6 Å². The molecule has 0 unspecified atom stereocenters. The highest BCUT2D eigenvalue weighted by Gasteiger charge is 2.20. The Balaban J connectivity index is 2.35. The Bertz CT molecular complexity index is 583. The zero-order valence-electron chi connectivity index (χ0n) is 9.31. The molecule has 18 heavy (non-hydrogen) atoms. The fourth-order valence-corrected chi connectivity index (χ4v) is 1.28. The number of benzene rings is 1. The maximum Gasteiger partial charge on any atom is 0.379 e. The van der Waals surface area contributed by atoms with E-state index in [1.165, 1.54) is 12.1 Å². The highest BCUT2D eigenvalue weighted by atomic mass is 19.2. The Morgan fingerprint density at radius 1 is 1.44 bits per heavy atom. The van der Waals surface area contributed by atoms with Crippen LogP contribution in [0.4, 0.5) is 8.78 Å². The quantitative estimate of drug-likeness (QED) is 0.785. The second kappa shape index (κ2) is 4.91. The number of ether oxygens (including phenoxy) is 1. The van der Waals surface area contributed by atoms with Gasteiger partial charge in [-0.1, -0.05) is 6.07 Å². The maximum absolute atomic E-state index is 13.4. The van der Waals surface area contributed by atoms with E-state index in [1.807, 2.05) is 0 Å². The lowest BCUT2D eigenvalue weighted by atomic mass is 10.2. The van der Waals surface area contributed by atoms with Gasteiger partial charge in [0.15, 0.2) is 11.6 Å². The number of aromatic nitrogens is 2. The van der Waals surface area contributed by atoms with Crippen molar-refractivity contribution in [2.75, 3.05) is 6.61 Å². The van der Waals surface area contributed by atoms with E-state index >= 15 is 0 Å². The molecule has 1 aromatic carbocycles. The van der Waals surface area contributed by atoms with Crippen molar-refractivity contribution in [3.8, 4) is 11.5 Å². The first-order valence-electron chi connectivity index (χ1n) is 5.08. The number of carbonyl (C=O) groups is 1. The summed E-state index contributed by atoms with van der Waals surface area (Å²) in [7, 11) is 0. The Kier molecular flexibility index (Phi) is 3.31. The smallest absolute Gasteiger partial charge is 0.379 e. The van der Waals surface area contributed by atoms with Gasteiger partial charge in [-0.25, -0.2) is 13.6 Å². The topological polar surface area (TPSA) is 65.2 Å². The Morgan fingerprint density at radius 2 is 2.22 bits per heavy atom. The molecule has 1 heterocycles. The maximum atomic E-state index is 13.4. The predicted molar refractivity (Wildman–Crippen MR) is 55.6 cm³/mol. The van der Waals surface area contributed by atoms with Gasteiger partial charge in [0.2, 0.25) is 0 Å². The summed E-state index contributed by atoms with van der Waals surface area (Å²) in [4.78, 5) is 14.9. The van der Waals surface area contributed by atoms with Crippen molar-refractivity contribution in [1.29, 1.82) is 0 Å². The van der Waals surface area contributed by atoms with Crippen LogP contribution in [-0.4, -0.2) is 22.7 Å². The third-order valence-corrected chi connectivity index (χ3v) is 2.07. The van der Waals surface area contributed by atoms with Crippen molar-refractivity contribution in [1.82, 2.24) is 10.1 Å². The van der Waals surface area contributed by atoms with Crippen LogP contribution in [-0.2, 0) is 4.74 Å². The molecule has 0 aliphatic carbocycles. The average Bonchev–Trinajstić information content (AvgIpc) is 2.82. The van der Waals surface area contributed by atoms with E-state index in [4.69, 9.17) is 0 Å². The summed E-state index contributed by atoms with van der Waals surface area (Å²) in [5.41, 5.74) is -0.210. The number of hydrogen-bond acceptors (Lipinski definition) is 5. The van der Waals surface area contributed by atoms with Crippen LogP contribution in [0.1, 0.15) is 17.5 Å². The molecule has 2 rings (SSSR count). The molecule has 0 amide bonds. The molecular weight excluding hydrogens is 246 g/mol. The number of esters is 1. The van der Waals surface area contributed by atoms with Gasteiger partial charge in [-0.05, 0) is 24.2 Å². The molecule has 0 N–H and O–H groups in total. The molecule has 7 heteroatoms.